The van der Waals surface area contributed by atoms with E-state index in [1.54, 1.807) is 0 Å². The summed E-state index contributed by atoms with van der Waals surface area (Å²) >= 11 is 0. The van der Waals surface area contributed by atoms with Gasteiger partial charge in [-0.25, -0.2) is 9.31 Å². The number of benzene rings is 2. The number of rotatable bonds is 6. The zero-order valence-corrected chi connectivity index (χ0v) is 29.0. The summed E-state index contributed by atoms with van der Waals surface area (Å²) in [7, 11) is 0. The lowest BCUT2D eigenvalue weighted by Gasteiger charge is -2.28. The normalized spacial score (nSPS) is 21.2. The number of hydrogen-bond donors (Lipinski definition) is 2. The van der Waals surface area contributed by atoms with Crippen LogP contribution in [0.2, 0.25) is 0 Å². The van der Waals surface area contributed by atoms with Crippen LogP contribution in [0.5, 0.6) is 0 Å². The molecule has 0 spiro atoms. The second-order valence-corrected chi connectivity index (χ2v) is 15.7. The molecular formula is C40H42N6O4. The van der Waals surface area contributed by atoms with Crippen molar-refractivity contribution in [2.75, 3.05) is 6.54 Å². The molecular weight excluding hydrogens is 628 g/mol. The number of piperidine rings is 1. The van der Waals surface area contributed by atoms with Crippen molar-refractivity contribution in [1.82, 2.24) is 29.7 Å². The Labute approximate surface area is 290 Å². The van der Waals surface area contributed by atoms with Gasteiger partial charge in [-0.15, -0.1) is 0 Å². The smallest absolute Gasteiger partial charge is 0.407 e. The van der Waals surface area contributed by atoms with E-state index >= 15 is 0 Å². The van der Waals surface area contributed by atoms with Gasteiger partial charge in [0.25, 0.3) is 11.8 Å². The summed E-state index contributed by atoms with van der Waals surface area (Å²) in [4.78, 5) is 40.8. The van der Waals surface area contributed by atoms with Crippen molar-refractivity contribution in [3.8, 4) is 22.5 Å². The van der Waals surface area contributed by atoms with Crippen molar-refractivity contribution in [2.45, 2.75) is 84.2 Å². The standard InChI is InChI=1S/C40H42N6O4/c1-22-31-13-12-29(38(48)45-20-28-11-14-32(45)36(28)42-39(49)50-40(2,3)4)21-46(31)43-35(22)34-17-26-9-7-25(16-33(26)44(34)19-23-5-6-23)24-8-10-27-18-41-37(47)30(27)15-24/h7-10,12-13,15-17,21,23,28,32,36H,5-6,11,14,18-20H2,1-4H3,(H,41,47)(H,42,49)/t28?,32?,36-/m1/s1. The van der Waals surface area contributed by atoms with E-state index in [2.05, 4.69) is 52.5 Å². The van der Waals surface area contributed by atoms with Crippen LogP contribution in [0.3, 0.4) is 0 Å². The first-order chi connectivity index (χ1) is 24.0. The molecule has 2 unspecified atom stereocenters. The van der Waals surface area contributed by atoms with Gasteiger partial charge in [0, 0.05) is 47.9 Å². The minimum absolute atomic E-state index is 0.0124. The highest BCUT2D eigenvalue weighted by Crippen LogP contribution is 2.40. The van der Waals surface area contributed by atoms with Crippen molar-refractivity contribution in [2.24, 2.45) is 11.8 Å². The highest BCUT2D eigenvalue weighted by Gasteiger charge is 2.50. The molecule has 3 amide bonds. The fourth-order valence-corrected chi connectivity index (χ4v) is 8.38. The summed E-state index contributed by atoms with van der Waals surface area (Å²) in [6, 6.07) is 18.7. The molecule has 3 atom stereocenters. The average molecular weight is 671 g/mol. The first-order valence-electron chi connectivity index (χ1n) is 17.9. The van der Waals surface area contributed by atoms with Gasteiger partial charge in [0.15, 0.2) is 0 Å². The summed E-state index contributed by atoms with van der Waals surface area (Å²) < 4.78 is 9.78. The predicted octanol–water partition coefficient (Wildman–Crippen LogP) is 6.71. The predicted molar refractivity (Wildman–Crippen MR) is 191 cm³/mol. The van der Waals surface area contributed by atoms with Gasteiger partial charge in [0.2, 0.25) is 0 Å². The van der Waals surface area contributed by atoms with Crippen molar-refractivity contribution >= 4 is 34.3 Å². The molecule has 2 saturated carbocycles. The van der Waals surface area contributed by atoms with E-state index in [1.165, 1.54) is 12.8 Å². The van der Waals surface area contributed by atoms with Gasteiger partial charge < -0.3 is 24.8 Å². The van der Waals surface area contributed by atoms with E-state index in [0.717, 1.165) is 75.0 Å². The highest BCUT2D eigenvalue weighted by atomic mass is 16.6. The number of hydrogen-bond acceptors (Lipinski definition) is 5. The van der Waals surface area contributed by atoms with Crippen molar-refractivity contribution in [1.29, 1.82) is 0 Å². The molecule has 2 aliphatic heterocycles. The van der Waals surface area contributed by atoms with Crippen molar-refractivity contribution < 1.29 is 19.1 Å². The van der Waals surface area contributed by atoms with Crippen molar-refractivity contribution in [3.63, 3.8) is 0 Å². The number of fused-ring (bicyclic) bond motifs is 5. The molecule has 0 radical (unpaired) electrons. The van der Waals surface area contributed by atoms with Gasteiger partial charge >= 0.3 is 6.09 Å². The Morgan fingerprint density at radius 1 is 0.980 bits per heavy atom. The van der Waals surface area contributed by atoms with Crippen LogP contribution in [-0.4, -0.2) is 61.2 Å². The zero-order chi connectivity index (χ0) is 34.5. The number of likely N-dealkylation sites (tertiary alicyclic amines) is 1. The number of carbonyl (C=O) groups is 3. The maximum Gasteiger partial charge on any atom is 0.407 e. The third-order valence-corrected chi connectivity index (χ3v) is 11.1. The molecule has 2 bridgehead atoms. The number of pyridine rings is 1. The van der Waals surface area contributed by atoms with Crippen LogP contribution in [0.15, 0.2) is 60.8 Å². The number of aromatic nitrogens is 3. The lowest BCUT2D eigenvalue weighted by molar-refractivity contribution is 0.0485. The number of nitrogens with zero attached hydrogens (tertiary/aromatic N) is 4. The number of aryl methyl sites for hydroxylation is 1. The molecule has 3 fully saturated rings. The van der Waals surface area contributed by atoms with Gasteiger partial charge in [-0.2, -0.15) is 5.10 Å². The summed E-state index contributed by atoms with van der Waals surface area (Å²) in [6.45, 7) is 9.78. The van der Waals surface area contributed by atoms with Crippen LogP contribution < -0.4 is 10.6 Å². The second-order valence-electron chi connectivity index (χ2n) is 15.7. The molecule has 9 rings (SSSR count). The Morgan fingerprint density at radius 2 is 1.78 bits per heavy atom. The van der Waals surface area contributed by atoms with E-state index in [0.29, 0.717) is 24.6 Å². The number of amides is 3. The molecule has 256 valence electrons. The molecule has 2 aromatic carbocycles. The van der Waals surface area contributed by atoms with E-state index in [1.807, 2.05) is 60.6 Å². The Morgan fingerprint density at radius 3 is 2.58 bits per heavy atom. The van der Waals surface area contributed by atoms with Crippen LogP contribution in [-0.2, 0) is 17.8 Å². The Kier molecular flexibility index (Phi) is 6.92. The quantitative estimate of drug-likeness (QED) is 0.209. The SMILES string of the molecule is Cc1c(-c2cc3ccc(-c4ccc5c(c4)C(=O)NC5)cc3n2CC2CC2)nn2cc(C(=O)N3CC4CCC3[C@@H]4NC(=O)OC(C)(C)C)ccc12. The molecule has 5 aromatic rings. The minimum Gasteiger partial charge on any atom is -0.444 e. The highest BCUT2D eigenvalue weighted by molar-refractivity contribution is 6.00. The Hall–Kier alpha value is -5.12. The minimum atomic E-state index is -0.578. The van der Waals surface area contributed by atoms with Crippen LogP contribution in [0.1, 0.15) is 78.3 Å². The molecule has 2 aliphatic carbocycles. The molecule has 50 heavy (non-hydrogen) atoms. The Bertz CT molecular complexity index is 2240. The lowest BCUT2D eigenvalue weighted by Crippen LogP contribution is -2.46. The maximum atomic E-state index is 13.9. The number of carbonyl (C=O) groups excluding carboxylic acids is 3. The summed E-state index contributed by atoms with van der Waals surface area (Å²) in [5.41, 5.74) is 9.07. The van der Waals surface area contributed by atoms with E-state index < -0.39 is 11.7 Å². The number of nitrogens with one attached hydrogen (secondary N) is 2. The molecule has 5 heterocycles. The monoisotopic (exact) mass is 670 g/mol. The van der Waals surface area contributed by atoms with Gasteiger partial charge in [0.05, 0.1) is 28.9 Å². The second kappa shape index (κ2) is 11.2. The molecule has 1 saturated heterocycles. The molecule has 2 N–H and O–H groups in total. The summed E-state index contributed by atoms with van der Waals surface area (Å²) in [6.07, 6.45) is 5.71. The molecule has 3 aromatic heterocycles. The van der Waals surface area contributed by atoms with Crippen LogP contribution >= 0.6 is 0 Å². The van der Waals surface area contributed by atoms with Gasteiger partial charge in [-0.1, -0.05) is 24.3 Å². The third kappa shape index (κ3) is 5.23. The Balaban J connectivity index is 1.03. The zero-order valence-electron chi connectivity index (χ0n) is 29.0. The fraction of sp³-hybridized carbons (Fsp3) is 0.400. The fourth-order valence-electron chi connectivity index (χ4n) is 8.38. The largest absolute Gasteiger partial charge is 0.444 e. The molecule has 4 aliphatic rings. The third-order valence-electron chi connectivity index (χ3n) is 11.1. The topological polar surface area (TPSA) is 110 Å². The summed E-state index contributed by atoms with van der Waals surface area (Å²) in [5.74, 6) is 0.809. The maximum absolute atomic E-state index is 13.9. The van der Waals surface area contributed by atoms with Crippen molar-refractivity contribution in [3.05, 3.63) is 83.0 Å². The van der Waals surface area contributed by atoms with E-state index in [9.17, 15) is 14.4 Å². The lowest BCUT2D eigenvalue weighted by atomic mass is 9.99. The first-order valence-corrected chi connectivity index (χ1v) is 17.9. The molecule has 10 heteroatoms. The van der Waals surface area contributed by atoms with Gasteiger partial charge in [0.1, 0.15) is 11.3 Å². The number of ether oxygens (including phenoxy) is 1. The van der Waals surface area contributed by atoms with Gasteiger partial charge in [-0.05, 0) is 112 Å². The van der Waals surface area contributed by atoms with Gasteiger partial charge in [-0.3, -0.25) is 9.59 Å². The van der Waals surface area contributed by atoms with E-state index in [-0.39, 0.29) is 29.8 Å². The summed E-state index contributed by atoms with van der Waals surface area (Å²) in [5, 5.41) is 12.2. The first kappa shape index (κ1) is 30.9. The van der Waals surface area contributed by atoms with Crippen LogP contribution in [0.4, 0.5) is 4.79 Å². The average Bonchev–Trinajstić information content (AvgIpc) is 3.31. The van der Waals surface area contributed by atoms with Crippen LogP contribution in [0, 0.1) is 18.8 Å². The number of alkyl carbamates (subject to hydrolysis) is 1. The molecule has 10 nitrogen and oxygen atoms in total. The van der Waals surface area contributed by atoms with E-state index in [4.69, 9.17) is 9.84 Å². The van der Waals surface area contributed by atoms with Crippen LogP contribution in [0.25, 0.3) is 38.9 Å².